The molecule has 22 heavy (non-hydrogen) atoms. The molecule has 0 fully saturated rings. The van der Waals surface area contributed by atoms with E-state index in [0.717, 1.165) is 23.9 Å². The number of rotatable bonds is 5. The molecule has 2 aromatic carbocycles. The number of hydrogen-bond donors (Lipinski definition) is 1. The lowest BCUT2D eigenvalue weighted by molar-refractivity contribution is -0.113. The van der Waals surface area contributed by atoms with Crippen molar-refractivity contribution < 1.29 is 18.0 Å². The van der Waals surface area contributed by atoms with E-state index in [1.165, 1.54) is 12.1 Å². The van der Waals surface area contributed by atoms with E-state index < -0.39 is 23.4 Å². The van der Waals surface area contributed by atoms with Gasteiger partial charge in [-0.05, 0) is 24.3 Å². The van der Waals surface area contributed by atoms with Crippen LogP contribution in [0.5, 0.6) is 0 Å². The standard InChI is InChI=1S/C15H11ClF3NOS/c16-11-2-1-3-12(18)10(11)7-22-8-15(21)20-14-5-4-9(17)6-13(14)19/h1-6H,7-8H2,(H,20,21). The largest absolute Gasteiger partial charge is 0.323 e. The van der Waals surface area contributed by atoms with Gasteiger partial charge in [-0.1, -0.05) is 17.7 Å². The lowest BCUT2D eigenvalue weighted by atomic mass is 10.2. The Balaban J connectivity index is 1.88. The van der Waals surface area contributed by atoms with Gasteiger partial charge in [0.25, 0.3) is 0 Å². The Hall–Kier alpha value is -1.66. The Morgan fingerprint density at radius 1 is 1.14 bits per heavy atom. The first-order valence-corrected chi connectivity index (χ1v) is 7.76. The van der Waals surface area contributed by atoms with E-state index in [0.29, 0.717) is 11.6 Å². The Morgan fingerprint density at radius 2 is 1.91 bits per heavy atom. The fourth-order valence-electron chi connectivity index (χ4n) is 1.69. The number of benzene rings is 2. The zero-order valence-corrected chi connectivity index (χ0v) is 12.8. The van der Waals surface area contributed by atoms with Crippen LogP contribution in [0.2, 0.25) is 5.02 Å². The van der Waals surface area contributed by atoms with E-state index in [4.69, 9.17) is 11.6 Å². The van der Waals surface area contributed by atoms with Gasteiger partial charge in [0.1, 0.15) is 17.5 Å². The molecule has 0 radical (unpaired) electrons. The van der Waals surface area contributed by atoms with Crippen molar-refractivity contribution in [1.82, 2.24) is 0 Å². The maximum atomic E-state index is 13.5. The third-order valence-electron chi connectivity index (χ3n) is 2.75. The molecular formula is C15H11ClF3NOS. The van der Waals surface area contributed by atoms with E-state index in [-0.39, 0.29) is 22.2 Å². The molecule has 0 aromatic heterocycles. The molecule has 1 N–H and O–H groups in total. The normalized spacial score (nSPS) is 10.5. The maximum Gasteiger partial charge on any atom is 0.234 e. The Bertz CT molecular complexity index is 676. The van der Waals surface area contributed by atoms with Gasteiger partial charge in [0, 0.05) is 22.4 Å². The van der Waals surface area contributed by atoms with E-state index >= 15 is 0 Å². The SMILES string of the molecule is O=C(CSCc1c(F)cccc1Cl)Nc1ccc(F)cc1F. The summed E-state index contributed by atoms with van der Waals surface area (Å²) in [7, 11) is 0. The van der Waals surface area contributed by atoms with Crippen LogP contribution in [-0.2, 0) is 10.5 Å². The minimum Gasteiger partial charge on any atom is -0.323 e. The van der Waals surface area contributed by atoms with Gasteiger partial charge >= 0.3 is 0 Å². The summed E-state index contributed by atoms with van der Waals surface area (Å²) >= 11 is 7.01. The molecule has 7 heteroatoms. The van der Waals surface area contributed by atoms with Crippen LogP contribution in [0.25, 0.3) is 0 Å². The quantitative estimate of drug-likeness (QED) is 0.856. The van der Waals surface area contributed by atoms with Crippen LogP contribution in [0.4, 0.5) is 18.9 Å². The fourth-order valence-corrected chi connectivity index (χ4v) is 2.86. The molecule has 0 heterocycles. The molecular weight excluding hydrogens is 335 g/mol. The predicted octanol–water partition coefficient (Wildman–Crippen LogP) is 4.63. The highest BCUT2D eigenvalue weighted by atomic mass is 35.5. The Kier molecular flexibility index (Phi) is 5.74. The van der Waals surface area contributed by atoms with Crippen molar-refractivity contribution in [2.75, 3.05) is 11.1 Å². The van der Waals surface area contributed by atoms with E-state index in [2.05, 4.69) is 5.32 Å². The van der Waals surface area contributed by atoms with Crippen molar-refractivity contribution in [3.05, 3.63) is 64.4 Å². The number of carbonyl (C=O) groups is 1. The highest BCUT2D eigenvalue weighted by Gasteiger charge is 2.10. The summed E-state index contributed by atoms with van der Waals surface area (Å²) in [5.74, 6) is -2.28. The van der Waals surface area contributed by atoms with Gasteiger partial charge in [-0.25, -0.2) is 13.2 Å². The van der Waals surface area contributed by atoms with Gasteiger partial charge in [-0.3, -0.25) is 4.79 Å². The predicted molar refractivity (Wildman–Crippen MR) is 82.6 cm³/mol. The van der Waals surface area contributed by atoms with Gasteiger partial charge in [-0.15, -0.1) is 11.8 Å². The molecule has 0 bridgehead atoms. The monoisotopic (exact) mass is 345 g/mol. The number of hydrogen-bond acceptors (Lipinski definition) is 2. The highest BCUT2D eigenvalue weighted by Crippen LogP contribution is 2.24. The summed E-state index contributed by atoms with van der Waals surface area (Å²) in [4.78, 5) is 11.7. The van der Waals surface area contributed by atoms with E-state index in [1.807, 2.05) is 0 Å². The third kappa shape index (κ3) is 4.42. The molecule has 2 rings (SSSR count). The zero-order chi connectivity index (χ0) is 16.1. The van der Waals surface area contributed by atoms with Crippen LogP contribution in [0.1, 0.15) is 5.56 Å². The molecule has 2 aromatic rings. The van der Waals surface area contributed by atoms with Gasteiger partial charge in [0.2, 0.25) is 5.91 Å². The molecule has 0 spiro atoms. The Morgan fingerprint density at radius 3 is 2.59 bits per heavy atom. The molecule has 0 saturated heterocycles. The van der Waals surface area contributed by atoms with Crippen molar-refractivity contribution in [1.29, 1.82) is 0 Å². The molecule has 0 aliphatic heterocycles. The summed E-state index contributed by atoms with van der Waals surface area (Å²) in [6, 6.07) is 7.22. The van der Waals surface area contributed by atoms with Gasteiger partial charge < -0.3 is 5.32 Å². The molecule has 0 aliphatic rings. The van der Waals surface area contributed by atoms with Crippen LogP contribution in [0, 0.1) is 17.5 Å². The average Bonchev–Trinajstić information content (AvgIpc) is 2.45. The minimum absolute atomic E-state index is 0.0124. The lowest BCUT2D eigenvalue weighted by Crippen LogP contribution is -2.15. The number of nitrogens with one attached hydrogen (secondary N) is 1. The van der Waals surface area contributed by atoms with Gasteiger partial charge in [0.15, 0.2) is 0 Å². The molecule has 116 valence electrons. The number of carbonyl (C=O) groups excluding carboxylic acids is 1. The van der Waals surface area contributed by atoms with Crippen LogP contribution in [-0.4, -0.2) is 11.7 Å². The van der Waals surface area contributed by atoms with Crippen molar-refractivity contribution in [3.8, 4) is 0 Å². The first-order valence-electron chi connectivity index (χ1n) is 6.23. The first-order chi connectivity index (χ1) is 10.5. The second kappa shape index (κ2) is 7.56. The van der Waals surface area contributed by atoms with Crippen LogP contribution >= 0.6 is 23.4 Å². The van der Waals surface area contributed by atoms with Gasteiger partial charge in [0.05, 0.1) is 11.4 Å². The number of amides is 1. The molecule has 0 saturated carbocycles. The smallest absolute Gasteiger partial charge is 0.234 e. The fraction of sp³-hybridized carbons (Fsp3) is 0.133. The number of halogens is 4. The maximum absolute atomic E-state index is 13.5. The molecule has 2 nitrogen and oxygen atoms in total. The molecule has 0 unspecified atom stereocenters. The van der Waals surface area contributed by atoms with Crippen molar-refractivity contribution >= 4 is 35.0 Å². The van der Waals surface area contributed by atoms with Crippen LogP contribution < -0.4 is 5.32 Å². The molecule has 1 amide bonds. The molecule has 0 aliphatic carbocycles. The third-order valence-corrected chi connectivity index (χ3v) is 4.06. The van der Waals surface area contributed by atoms with Gasteiger partial charge in [-0.2, -0.15) is 0 Å². The number of anilines is 1. The van der Waals surface area contributed by atoms with E-state index in [1.54, 1.807) is 6.07 Å². The van der Waals surface area contributed by atoms with Crippen molar-refractivity contribution in [3.63, 3.8) is 0 Å². The summed E-state index contributed by atoms with van der Waals surface area (Å²) in [5.41, 5.74) is 0.214. The summed E-state index contributed by atoms with van der Waals surface area (Å²) in [6.45, 7) is 0. The average molecular weight is 346 g/mol. The Labute approximate surface area is 134 Å². The summed E-state index contributed by atoms with van der Waals surface area (Å²) in [6.07, 6.45) is 0. The number of thioether (sulfide) groups is 1. The second-order valence-electron chi connectivity index (χ2n) is 4.37. The summed E-state index contributed by atoms with van der Waals surface area (Å²) < 4.78 is 39.7. The summed E-state index contributed by atoms with van der Waals surface area (Å²) in [5, 5.41) is 2.61. The zero-order valence-electron chi connectivity index (χ0n) is 11.2. The minimum atomic E-state index is -0.851. The molecule has 0 atom stereocenters. The second-order valence-corrected chi connectivity index (χ2v) is 5.76. The topological polar surface area (TPSA) is 29.1 Å². The van der Waals surface area contributed by atoms with E-state index in [9.17, 15) is 18.0 Å². The highest BCUT2D eigenvalue weighted by molar-refractivity contribution is 7.99. The van der Waals surface area contributed by atoms with Crippen molar-refractivity contribution in [2.45, 2.75) is 5.75 Å². The van der Waals surface area contributed by atoms with Crippen molar-refractivity contribution in [2.24, 2.45) is 0 Å². The first kappa shape index (κ1) is 16.7. The van der Waals surface area contributed by atoms with Crippen LogP contribution in [0.3, 0.4) is 0 Å². The lowest BCUT2D eigenvalue weighted by Gasteiger charge is -2.07. The van der Waals surface area contributed by atoms with Crippen LogP contribution in [0.15, 0.2) is 36.4 Å².